The summed E-state index contributed by atoms with van der Waals surface area (Å²) in [5.74, 6) is -0.788. The van der Waals surface area contributed by atoms with Gasteiger partial charge in [-0.1, -0.05) is 11.6 Å². The highest BCUT2D eigenvalue weighted by atomic mass is 79.9. The van der Waals surface area contributed by atoms with Crippen LogP contribution in [0.5, 0.6) is 0 Å². The number of anilines is 1. The first-order chi connectivity index (χ1) is 9.45. The molecule has 2 amide bonds. The van der Waals surface area contributed by atoms with E-state index in [2.05, 4.69) is 21.2 Å². The molecular formula is C13H14BrClN2O3. The lowest BCUT2D eigenvalue weighted by Crippen LogP contribution is -2.33. The van der Waals surface area contributed by atoms with Gasteiger partial charge in [0.2, 0.25) is 0 Å². The van der Waals surface area contributed by atoms with Crippen molar-refractivity contribution < 1.29 is 14.7 Å². The minimum atomic E-state index is -0.822. The molecule has 2 N–H and O–H groups in total. The summed E-state index contributed by atoms with van der Waals surface area (Å²) in [6.45, 7) is 1.05. The summed E-state index contributed by atoms with van der Waals surface area (Å²) in [4.78, 5) is 24.3. The zero-order chi connectivity index (χ0) is 14.7. The summed E-state index contributed by atoms with van der Waals surface area (Å²) in [5, 5.41) is 12.0. The molecule has 1 atom stereocenters. The second-order valence-corrected chi connectivity index (χ2v) is 6.02. The molecule has 108 valence electrons. The SMILES string of the molecule is O=C(O)CC1CCN(C(=O)Nc2ccc(Br)c(Cl)c2)C1. The van der Waals surface area contributed by atoms with Crippen LogP contribution in [0.3, 0.4) is 0 Å². The fourth-order valence-corrected chi connectivity index (χ4v) is 2.63. The molecule has 2 rings (SSSR count). The van der Waals surface area contributed by atoms with Gasteiger partial charge in [0.25, 0.3) is 0 Å². The fourth-order valence-electron chi connectivity index (χ4n) is 2.21. The number of carboxylic acid groups (broad SMARTS) is 1. The lowest BCUT2D eigenvalue weighted by atomic mass is 10.1. The predicted molar refractivity (Wildman–Crippen MR) is 80.1 cm³/mol. The largest absolute Gasteiger partial charge is 0.481 e. The van der Waals surface area contributed by atoms with Crippen molar-refractivity contribution in [1.29, 1.82) is 0 Å². The van der Waals surface area contributed by atoms with Crippen molar-refractivity contribution in [2.75, 3.05) is 18.4 Å². The highest BCUT2D eigenvalue weighted by Gasteiger charge is 2.27. The number of urea groups is 1. The Labute approximate surface area is 130 Å². The lowest BCUT2D eigenvalue weighted by Gasteiger charge is -2.17. The summed E-state index contributed by atoms with van der Waals surface area (Å²) in [6, 6.07) is 4.94. The van der Waals surface area contributed by atoms with E-state index in [4.69, 9.17) is 16.7 Å². The average Bonchev–Trinajstić information content (AvgIpc) is 2.81. The van der Waals surface area contributed by atoms with Crippen molar-refractivity contribution >= 4 is 45.2 Å². The van der Waals surface area contributed by atoms with E-state index in [0.29, 0.717) is 23.8 Å². The molecule has 1 fully saturated rings. The number of benzene rings is 1. The number of hydrogen-bond donors (Lipinski definition) is 2. The van der Waals surface area contributed by atoms with Crippen LogP contribution in [-0.4, -0.2) is 35.1 Å². The van der Waals surface area contributed by atoms with E-state index in [1.54, 1.807) is 23.1 Å². The molecule has 0 radical (unpaired) electrons. The molecule has 7 heteroatoms. The van der Waals surface area contributed by atoms with Crippen molar-refractivity contribution in [3.05, 3.63) is 27.7 Å². The van der Waals surface area contributed by atoms with E-state index >= 15 is 0 Å². The molecule has 1 aliphatic heterocycles. The number of carbonyl (C=O) groups excluding carboxylic acids is 1. The van der Waals surface area contributed by atoms with Gasteiger partial charge in [0.05, 0.1) is 5.02 Å². The van der Waals surface area contributed by atoms with Crippen LogP contribution in [-0.2, 0) is 4.79 Å². The minimum Gasteiger partial charge on any atom is -0.481 e. The number of carbonyl (C=O) groups is 2. The molecular weight excluding hydrogens is 348 g/mol. The predicted octanol–water partition coefficient (Wildman–Crippen LogP) is 3.43. The summed E-state index contributed by atoms with van der Waals surface area (Å²) < 4.78 is 0.764. The first kappa shape index (κ1) is 15.1. The second-order valence-electron chi connectivity index (χ2n) is 4.76. The van der Waals surface area contributed by atoms with Crippen LogP contribution >= 0.6 is 27.5 Å². The van der Waals surface area contributed by atoms with E-state index in [1.807, 2.05) is 0 Å². The van der Waals surface area contributed by atoms with E-state index < -0.39 is 5.97 Å². The van der Waals surface area contributed by atoms with Crippen LogP contribution in [0.25, 0.3) is 0 Å². The molecule has 1 saturated heterocycles. The van der Waals surface area contributed by atoms with E-state index in [9.17, 15) is 9.59 Å². The van der Waals surface area contributed by atoms with Crippen molar-refractivity contribution in [3.8, 4) is 0 Å². The average molecular weight is 362 g/mol. The number of aliphatic carboxylic acids is 1. The lowest BCUT2D eigenvalue weighted by molar-refractivity contribution is -0.138. The summed E-state index contributed by atoms with van der Waals surface area (Å²) in [5.41, 5.74) is 0.616. The third-order valence-electron chi connectivity index (χ3n) is 3.21. The van der Waals surface area contributed by atoms with Crippen LogP contribution < -0.4 is 5.32 Å². The van der Waals surface area contributed by atoms with Crippen molar-refractivity contribution in [2.24, 2.45) is 5.92 Å². The zero-order valence-corrected chi connectivity index (χ0v) is 12.9. The summed E-state index contributed by atoms with van der Waals surface area (Å²) in [6.07, 6.45) is 0.828. The van der Waals surface area contributed by atoms with E-state index in [-0.39, 0.29) is 18.4 Å². The maximum Gasteiger partial charge on any atom is 0.321 e. The Balaban J connectivity index is 1.92. The normalized spacial score (nSPS) is 18.1. The molecule has 20 heavy (non-hydrogen) atoms. The number of rotatable bonds is 3. The van der Waals surface area contributed by atoms with Crippen LogP contribution in [0.2, 0.25) is 5.02 Å². The first-order valence-corrected chi connectivity index (χ1v) is 7.35. The van der Waals surface area contributed by atoms with Gasteiger partial charge in [0.1, 0.15) is 0 Å². The standard InChI is InChI=1S/C13H14BrClN2O3/c14-10-2-1-9(6-11(10)15)16-13(20)17-4-3-8(7-17)5-12(18)19/h1-2,6,8H,3-5,7H2,(H,16,20)(H,18,19). The smallest absolute Gasteiger partial charge is 0.321 e. The Morgan fingerprint density at radius 3 is 2.90 bits per heavy atom. The number of halogens is 2. The Morgan fingerprint density at radius 1 is 1.50 bits per heavy atom. The molecule has 0 spiro atoms. The minimum absolute atomic E-state index is 0.0340. The molecule has 0 saturated carbocycles. The topological polar surface area (TPSA) is 69.6 Å². The molecule has 0 aliphatic carbocycles. The number of nitrogens with zero attached hydrogens (tertiary/aromatic N) is 1. The number of nitrogens with one attached hydrogen (secondary N) is 1. The van der Waals surface area contributed by atoms with Crippen LogP contribution in [0.1, 0.15) is 12.8 Å². The van der Waals surface area contributed by atoms with Gasteiger partial charge in [-0.15, -0.1) is 0 Å². The first-order valence-electron chi connectivity index (χ1n) is 6.18. The van der Waals surface area contributed by atoms with E-state index in [0.717, 1.165) is 10.9 Å². The Bertz CT molecular complexity index is 538. The molecule has 1 unspecified atom stereocenters. The number of likely N-dealkylation sites (tertiary alicyclic amines) is 1. The Hall–Kier alpha value is -1.27. The van der Waals surface area contributed by atoms with E-state index in [1.165, 1.54) is 0 Å². The fraction of sp³-hybridized carbons (Fsp3) is 0.385. The highest BCUT2D eigenvalue weighted by molar-refractivity contribution is 9.10. The van der Waals surface area contributed by atoms with Crippen molar-refractivity contribution in [2.45, 2.75) is 12.8 Å². The van der Waals surface area contributed by atoms with Crippen molar-refractivity contribution in [1.82, 2.24) is 4.90 Å². The van der Waals surface area contributed by atoms with Gasteiger partial charge in [0, 0.05) is 29.7 Å². The van der Waals surface area contributed by atoms with Gasteiger partial charge in [-0.05, 0) is 46.5 Å². The molecule has 5 nitrogen and oxygen atoms in total. The number of amides is 2. The molecule has 0 bridgehead atoms. The van der Waals surface area contributed by atoms with Crippen LogP contribution in [0, 0.1) is 5.92 Å². The second kappa shape index (κ2) is 6.45. The van der Waals surface area contributed by atoms with Gasteiger partial charge in [-0.2, -0.15) is 0 Å². The number of carboxylic acids is 1. The number of hydrogen-bond acceptors (Lipinski definition) is 2. The molecule has 1 aliphatic rings. The van der Waals surface area contributed by atoms with Gasteiger partial charge >= 0.3 is 12.0 Å². The Kier molecular flexibility index (Phi) is 4.88. The third-order valence-corrected chi connectivity index (χ3v) is 4.44. The van der Waals surface area contributed by atoms with Crippen LogP contribution in [0.4, 0.5) is 10.5 Å². The summed E-state index contributed by atoms with van der Waals surface area (Å²) >= 11 is 9.24. The zero-order valence-electron chi connectivity index (χ0n) is 10.6. The van der Waals surface area contributed by atoms with Gasteiger partial charge in [0.15, 0.2) is 0 Å². The highest BCUT2D eigenvalue weighted by Crippen LogP contribution is 2.26. The van der Waals surface area contributed by atoms with Crippen molar-refractivity contribution in [3.63, 3.8) is 0 Å². The third kappa shape index (κ3) is 3.86. The molecule has 1 heterocycles. The monoisotopic (exact) mass is 360 g/mol. The maximum absolute atomic E-state index is 12.1. The van der Waals surface area contributed by atoms with Gasteiger partial charge in [-0.3, -0.25) is 4.79 Å². The summed E-state index contributed by atoms with van der Waals surface area (Å²) in [7, 11) is 0. The van der Waals surface area contributed by atoms with Gasteiger partial charge in [-0.25, -0.2) is 4.79 Å². The molecule has 1 aromatic carbocycles. The Morgan fingerprint density at radius 2 is 2.25 bits per heavy atom. The molecule has 1 aromatic rings. The van der Waals surface area contributed by atoms with Crippen LogP contribution in [0.15, 0.2) is 22.7 Å². The molecule has 0 aromatic heterocycles. The quantitative estimate of drug-likeness (QED) is 0.866. The maximum atomic E-state index is 12.1. The van der Waals surface area contributed by atoms with Gasteiger partial charge < -0.3 is 15.3 Å².